The number of carbonyl (C=O) groups excluding carboxylic acids is 2. The van der Waals surface area contributed by atoms with E-state index in [1.807, 2.05) is 0 Å². The number of fused-ring (bicyclic) bond motifs is 1. The first-order valence-electron chi connectivity index (χ1n) is 8.64. The van der Waals surface area contributed by atoms with Crippen molar-refractivity contribution in [3.8, 4) is 0 Å². The molecule has 2 saturated carbocycles. The van der Waals surface area contributed by atoms with Crippen LogP contribution in [-0.2, 0) is 23.8 Å². The zero-order valence-electron chi connectivity index (χ0n) is 14.3. The van der Waals surface area contributed by atoms with Gasteiger partial charge in [-0.25, -0.2) is 9.59 Å². The SMILES string of the molecule is CC1=C2C(C[C@]34[C@@H]5[C@H](C(C)(C)C)C[C@H]3OC(=O)[C@]24O[C@@H]5O)OC1=O. The van der Waals surface area contributed by atoms with E-state index in [0.717, 1.165) is 6.42 Å². The molecular weight excluding hydrogens is 312 g/mol. The summed E-state index contributed by atoms with van der Waals surface area (Å²) in [6.45, 7) is 8.10. The molecule has 0 bridgehead atoms. The van der Waals surface area contributed by atoms with Crippen LogP contribution >= 0.6 is 0 Å². The molecule has 0 aromatic carbocycles. The topological polar surface area (TPSA) is 82.1 Å². The molecule has 0 amide bonds. The molecule has 6 heteroatoms. The molecule has 5 rings (SSSR count). The molecule has 2 aliphatic carbocycles. The van der Waals surface area contributed by atoms with E-state index in [-0.39, 0.29) is 23.4 Å². The largest absolute Gasteiger partial charge is 0.459 e. The van der Waals surface area contributed by atoms with Crippen molar-refractivity contribution in [3.05, 3.63) is 11.1 Å². The summed E-state index contributed by atoms with van der Waals surface area (Å²) in [5.74, 6) is -0.889. The van der Waals surface area contributed by atoms with Crippen molar-refractivity contribution in [2.24, 2.45) is 22.7 Å². The number of rotatable bonds is 0. The highest BCUT2D eigenvalue weighted by molar-refractivity contribution is 5.99. The third kappa shape index (κ3) is 1.25. The van der Waals surface area contributed by atoms with Crippen molar-refractivity contribution in [2.75, 3.05) is 0 Å². The summed E-state index contributed by atoms with van der Waals surface area (Å²) in [7, 11) is 0. The van der Waals surface area contributed by atoms with Crippen molar-refractivity contribution in [2.45, 2.75) is 64.6 Å². The molecule has 5 aliphatic rings. The first kappa shape index (κ1) is 14.9. The van der Waals surface area contributed by atoms with Crippen molar-refractivity contribution < 1.29 is 28.9 Å². The lowest BCUT2D eigenvalue weighted by atomic mass is 9.64. The van der Waals surface area contributed by atoms with Crippen LogP contribution in [-0.4, -0.2) is 41.1 Å². The summed E-state index contributed by atoms with van der Waals surface area (Å²) in [6.07, 6.45) is -0.530. The van der Waals surface area contributed by atoms with Crippen LogP contribution in [0.1, 0.15) is 40.5 Å². The van der Waals surface area contributed by atoms with Crippen molar-refractivity contribution >= 4 is 11.9 Å². The highest BCUT2D eigenvalue weighted by Gasteiger charge is 2.87. The molecule has 6 nitrogen and oxygen atoms in total. The number of aliphatic hydroxyl groups excluding tert-OH is 1. The van der Waals surface area contributed by atoms with E-state index in [1.54, 1.807) is 6.92 Å². The molecule has 0 aromatic heterocycles. The molecule has 3 aliphatic heterocycles. The number of carbonyl (C=O) groups is 2. The molecular formula is C18H22O6. The fourth-order valence-electron chi connectivity index (χ4n) is 6.34. The maximum absolute atomic E-state index is 12.9. The van der Waals surface area contributed by atoms with Gasteiger partial charge < -0.3 is 19.3 Å². The van der Waals surface area contributed by atoms with E-state index in [1.165, 1.54) is 0 Å². The highest BCUT2D eigenvalue weighted by atomic mass is 16.7. The van der Waals surface area contributed by atoms with Gasteiger partial charge in [-0.05, 0) is 24.7 Å². The van der Waals surface area contributed by atoms with E-state index < -0.39 is 35.3 Å². The van der Waals surface area contributed by atoms with Crippen LogP contribution in [0.4, 0.5) is 0 Å². The standard InChI is InChI=1S/C18H22O6/c1-7-11-9(22-13(7)19)6-17-10-5-8(16(2,3)4)12(17)14(20)24-18(11,17)15(21)23-10/h8-10,12,14,20H,5-6H2,1-4H3/t8-,9?,10-,12-,14+,17-,18-/m1/s1. The summed E-state index contributed by atoms with van der Waals surface area (Å²) >= 11 is 0. The summed E-state index contributed by atoms with van der Waals surface area (Å²) < 4.78 is 17.2. The number of aliphatic hydroxyl groups is 1. The summed E-state index contributed by atoms with van der Waals surface area (Å²) in [4.78, 5) is 24.9. The second kappa shape index (κ2) is 3.88. The van der Waals surface area contributed by atoms with Gasteiger partial charge in [0.05, 0.1) is 5.41 Å². The number of hydrogen-bond donors (Lipinski definition) is 1. The molecule has 1 spiro atoms. The van der Waals surface area contributed by atoms with E-state index in [0.29, 0.717) is 17.6 Å². The van der Waals surface area contributed by atoms with E-state index in [2.05, 4.69) is 20.8 Å². The first-order chi connectivity index (χ1) is 11.1. The maximum Gasteiger partial charge on any atom is 0.344 e. The minimum absolute atomic E-state index is 0.0472. The fourth-order valence-corrected chi connectivity index (χ4v) is 6.34. The van der Waals surface area contributed by atoms with Gasteiger partial charge in [-0.3, -0.25) is 0 Å². The molecule has 24 heavy (non-hydrogen) atoms. The van der Waals surface area contributed by atoms with Crippen LogP contribution in [0, 0.1) is 22.7 Å². The van der Waals surface area contributed by atoms with E-state index in [9.17, 15) is 14.7 Å². The van der Waals surface area contributed by atoms with Crippen LogP contribution in [0.15, 0.2) is 11.1 Å². The Morgan fingerprint density at radius 1 is 1.21 bits per heavy atom. The Morgan fingerprint density at radius 3 is 2.58 bits per heavy atom. The molecule has 4 fully saturated rings. The van der Waals surface area contributed by atoms with Gasteiger partial charge in [-0.1, -0.05) is 20.8 Å². The number of hydrogen-bond acceptors (Lipinski definition) is 6. The van der Waals surface area contributed by atoms with Gasteiger partial charge in [0.2, 0.25) is 5.60 Å². The Kier molecular flexibility index (Phi) is 2.41. The lowest BCUT2D eigenvalue weighted by Gasteiger charge is -2.36. The third-order valence-corrected chi connectivity index (χ3v) is 7.16. The number of ether oxygens (including phenoxy) is 3. The monoisotopic (exact) mass is 334 g/mol. The molecule has 7 atom stereocenters. The van der Waals surface area contributed by atoms with E-state index in [4.69, 9.17) is 14.2 Å². The first-order valence-corrected chi connectivity index (χ1v) is 8.64. The Hall–Kier alpha value is -1.40. The maximum atomic E-state index is 12.9. The van der Waals surface area contributed by atoms with Crippen LogP contribution in [0.3, 0.4) is 0 Å². The zero-order chi connectivity index (χ0) is 17.2. The molecule has 2 saturated heterocycles. The minimum Gasteiger partial charge on any atom is -0.459 e. The molecule has 0 aromatic rings. The lowest BCUT2D eigenvalue weighted by molar-refractivity contribution is -0.177. The van der Waals surface area contributed by atoms with Gasteiger partial charge in [-0.15, -0.1) is 0 Å². The van der Waals surface area contributed by atoms with Crippen LogP contribution in [0.5, 0.6) is 0 Å². The van der Waals surface area contributed by atoms with Crippen molar-refractivity contribution in [1.29, 1.82) is 0 Å². The van der Waals surface area contributed by atoms with Gasteiger partial charge in [0.1, 0.15) is 12.2 Å². The molecule has 1 N–H and O–H groups in total. The molecule has 130 valence electrons. The van der Waals surface area contributed by atoms with Gasteiger partial charge in [-0.2, -0.15) is 0 Å². The predicted molar refractivity (Wildman–Crippen MR) is 80.4 cm³/mol. The lowest BCUT2D eigenvalue weighted by Crippen LogP contribution is -2.47. The Balaban J connectivity index is 1.76. The molecule has 1 unspecified atom stereocenters. The zero-order valence-corrected chi connectivity index (χ0v) is 14.3. The summed E-state index contributed by atoms with van der Waals surface area (Å²) in [5.41, 5.74) is -0.988. The Morgan fingerprint density at radius 2 is 1.92 bits per heavy atom. The average Bonchev–Trinajstić information content (AvgIpc) is 3.12. The van der Waals surface area contributed by atoms with Gasteiger partial charge in [0.25, 0.3) is 0 Å². The van der Waals surface area contributed by atoms with Crippen molar-refractivity contribution in [3.63, 3.8) is 0 Å². The average molecular weight is 334 g/mol. The minimum atomic E-state index is -1.34. The predicted octanol–water partition coefficient (Wildman–Crippen LogP) is 1.31. The van der Waals surface area contributed by atoms with Gasteiger partial charge in [0.15, 0.2) is 6.29 Å². The van der Waals surface area contributed by atoms with Crippen LogP contribution in [0.2, 0.25) is 0 Å². The molecule has 3 heterocycles. The quantitative estimate of drug-likeness (QED) is 0.673. The second-order valence-corrected chi connectivity index (χ2v) is 8.99. The van der Waals surface area contributed by atoms with Gasteiger partial charge in [0, 0.05) is 23.5 Å². The third-order valence-electron chi connectivity index (χ3n) is 7.16. The summed E-state index contributed by atoms with van der Waals surface area (Å²) in [5, 5.41) is 10.8. The second-order valence-electron chi connectivity index (χ2n) is 8.99. The number of esters is 2. The van der Waals surface area contributed by atoms with E-state index >= 15 is 0 Å². The highest BCUT2D eigenvalue weighted by Crippen LogP contribution is 2.76. The van der Waals surface area contributed by atoms with Gasteiger partial charge >= 0.3 is 11.9 Å². The Labute approximate surface area is 140 Å². The molecule has 0 radical (unpaired) electrons. The van der Waals surface area contributed by atoms with Crippen LogP contribution in [0.25, 0.3) is 0 Å². The summed E-state index contributed by atoms with van der Waals surface area (Å²) in [6, 6.07) is 0. The van der Waals surface area contributed by atoms with Crippen LogP contribution < -0.4 is 0 Å². The normalized spacial score (nSPS) is 51.6. The Bertz CT molecular complexity index is 718. The fraction of sp³-hybridized carbons (Fsp3) is 0.778. The van der Waals surface area contributed by atoms with Crippen molar-refractivity contribution in [1.82, 2.24) is 0 Å². The smallest absolute Gasteiger partial charge is 0.344 e.